The van der Waals surface area contributed by atoms with Crippen molar-refractivity contribution < 1.29 is 9.59 Å². The van der Waals surface area contributed by atoms with Crippen molar-refractivity contribution in [2.45, 2.75) is 0 Å². The van der Waals surface area contributed by atoms with Crippen molar-refractivity contribution in [1.29, 1.82) is 0 Å². The highest BCUT2D eigenvalue weighted by atomic mass is 16.2. The van der Waals surface area contributed by atoms with Gasteiger partial charge in [0.25, 0.3) is 5.91 Å². The van der Waals surface area contributed by atoms with Gasteiger partial charge < -0.3 is 5.32 Å². The van der Waals surface area contributed by atoms with Crippen LogP contribution >= 0.6 is 0 Å². The summed E-state index contributed by atoms with van der Waals surface area (Å²) in [5, 5.41) is 12.4. The van der Waals surface area contributed by atoms with Crippen LogP contribution in [-0.2, 0) is 4.79 Å². The molecule has 7 heteroatoms. The van der Waals surface area contributed by atoms with Gasteiger partial charge in [-0.3, -0.25) is 14.5 Å². The summed E-state index contributed by atoms with van der Waals surface area (Å²) in [7, 11) is 0. The molecule has 2 amide bonds. The number of carbonyl (C=O) groups is 2. The van der Waals surface area contributed by atoms with Crippen molar-refractivity contribution in [2.75, 3.05) is 16.8 Å². The standard InChI is InChI=1S/C11H9N5O2/c17-10-6-16(11(18)8-5-12-15-14-8)9-4-2-1-3-7(9)13-10/h1-5H,6H2,(H,13,17)(H,12,14,15). The minimum atomic E-state index is -0.356. The van der Waals surface area contributed by atoms with Gasteiger partial charge in [0.15, 0.2) is 5.69 Å². The maximum Gasteiger partial charge on any atom is 0.280 e. The summed E-state index contributed by atoms with van der Waals surface area (Å²) in [4.78, 5) is 25.1. The number of nitrogens with one attached hydrogen (secondary N) is 2. The molecule has 7 nitrogen and oxygen atoms in total. The number of aromatic nitrogens is 3. The van der Waals surface area contributed by atoms with Crippen molar-refractivity contribution in [3.63, 3.8) is 0 Å². The number of hydrogen-bond donors (Lipinski definition) is 2. The second-order valence-corrected chi connectivity index (χ2v) is 3.81. The Labute approximate surface area is 102 Å². The molecule has 0 atom stereocenters. The van der Waals surface area contributed by atoms with Gasteiger partial charge in [0.05, 0.1) is 17.6 Å². The number of fused-ring (bicyclic) bond motifs is 1. The summed E-state index contributed by atoms with van der Waals surface area (Å²) >= 11 is 0. The molecule has 18 heavy (non-hydrogen) atoms. The third-order valence-electron chi connectivity index (χ3n) is 2.65. The third kappa shape index (κ3) is 1.61. The predicted molar refractivity (Wildman–Crippen MR) is 63.1 cm³/mol. The van der Waals surface area contributed by atoms with Crippen molar-refractivity contribution in [3.8, 4) is 0 Å². The van der Waals surface area contributed by atoms with Crippen LogP contribution in [0, 0.1) is 0 Å². The van der Waals surface area contributed by atoms with Crippen LogP contribution in [0.2, 0.25) is 0 Å². The van der Waals surface area contributed by atoms with E-state index in [2.05, 4.69) is 20.7 Å². The summed E-state index contributed by atoms with van der Waals surface area (Å²) in [5.41, 5.74) is 1.45. The van der Waals surface area contributed by atoms with E-state index in [0.717, 1.165) is 0 Å². The smallest absolute Gasteiger partial charge is 0.280 e. The van der Waals surface area contributed by atoms with E-state index >= 15 is 0 Å². The van der Waals surface area contributed by atoms with Gasteiger partial charge in [-0.25, -0.2) is 0 Å². The predicted octanol–water partition coefficient (Wildman–Crippen LogP) is 0.404. The number of para-hydroxylation sites is 2. The molecule has 1 aromatic carbocycles. The minimum absolute atomic E-state index is 0.0251. The number of rotatable bonds is 1. The number of nitrogens with zero attached hydrogens (tertiary/aromatic N) is 3. The first kappa shape index (κ1) is 10.5. The number of aromatic amines is 1. The van der Waals surface area contributed by atoms with Gasteiger partial charge in [-0.15, -0.1) is 0 Å². The van der Waals surface area contributed by atoms with Crippen LogP contribution < -0.4 is 10.2 Å². The molecule has 90 valence electrons. The molecule has 0 spiro atoms. The molecule has 3 rings (SSSR count). The van der Waals surface area contributed by atoms with Crippen molar-refractivity contribution in [1.82, 2.24) is 15.4 Å². The van der Waals surface area contributed by atoms with Gasteiger partial charge in [-0.05, 0) is 12.1 Å². The fraction of sp³-hybridized carbons (Fsp3) is 0.0909. The zero-order valence-electron chi connectivity index (χ0n) is 9.25. The van der Waals surface area contributed by atoms with Crippen LogP contribution in [0.3, 0.4) is 0 Å². The van der Waals surface area contributed by atoms with Crippen LogP contribution in [-0.4, -0.2) is 33.8 Å². The molecular weight excluding hydrogens is 234 g/mol. The fourth-order valence-corrected chi connectivity index (χ4v) is 1.86. The third-order valence-corrected chi connectivity index (χ3v) is 2.65. The van der Waals surface area contributed by atoms with E-state index in [-0.39, 0.29) is 24.1 Å². The molecule has 1 aromatic heterocycles. The summed E-state index contributed by atoms with van der Waals surface area (Å²) in [6.07, 6.45) is 1.33. The van der Waals surface area contributed by atoms with Crippen LogP contribution in [0.25, 0.3) is 0 Å². The summed E-state index contributed by atoms with van der Waals surface area (Å²) in [5.74, 6) is -0.586. The Balaban J connectivity index is 2.03. The molecule has 0 unspecified atom stereocenters. The average Bonchev–Trinajstić information content (AvgIpc) is 2.90. The monoisotopic (exact) mass is 243 g/mol. The normalized spacial score (nSPS) is 14.0. The summed E-state index contributed by atoms with van der Waals surface area (Å²) in [6.45, 7) is -0.0251. The maximum absolute atomic E-state index is 12.2. The summed E-state index contributed by atoms with van der Waals surface area (Å²) in [6, 6.07) is 7.12. The van der Waals surface area contributed by atoms with Crippen molar-refractivity contribution >= 4 is 23.2 Å². The zero-order valence-corrected chi connectivity index (χ0v) is 9.25. The number of hydrogen-bond acceptors (Lipinski definition) is 4. The molecule has 0 radical (unpaired) electrons. The van der Waals surface area contributed by atoms with Gasteiger partial charge in [-0.1, -0.05) is 12.1 Å². The van der Waals surface area contributed by atoms with E-state index < -0.39 is 0 Å². The lowest BCUT2D eigenvalue weighted by molar-refractivity contribution is -0.115. The average molecular weight is 243 g/mol. The maximum atomic E-state index is 12.2. The topological polar surface area (TPSA) is 91.0 Å². The Hall–Kier alpha value is -2.70. The first-order valence-electron chi connectivity index (χ1n) is 5.32. The molecular formula is C11H9N5O2. The number of anilines is 2. The second kappa shape index (κ2) is 3.95. The molecule has 1 aliphatic rings. The van der Waals surface area contributed by atoms with Crippen LogP contribution in [0.4, 0.5) is 11.4 Å². The van der Waals surface area contributed by atoms with Crippen LogP contribution in [0.1, 0.15) is 10.5 Å². The lowest BCUT2D eigenvalue weighted by Gasteiger charge is -2.28. The van der Waals surface area contributed by atoms with Gasteiger partial charge in [0.1, 0.15) is 6.54 Å². The lowest BCUT2D eigenvalue weighted by atomic mass is 10.2. The Morgan fingerprint density at radius 1 is 1.33 bits per heavy atom. The zero-order chi connectivity index (χ0) is 12.5. The Kier molecular flexibility index (Phi) is 2.30. The van der Waals surface area contributed by atoms with Gasteiger partial charge in [0, 0.05) is 0 Å². The number of H-pyrrole nitrogens is 1. The van der Waals surface area contributed by atoms with Crippen LogP contribution in [0.5, 0.6) is 0 Å². The molecule has 0 saturated carbocycles. The highest BCUT2D eigenvalue weighted by Crippen LogP contribution is 2.29. The van der Waals surface area contributed by atoms with Gasteiger partial charge in [-0.2, -0.15) is 15.4 Å². The van der Waals surface area contributed by atoms with E-state index in [0.29, 0.717) is 11.4 Å². The van der Waals surface area contributed by atoms with E-state index in [9.17, 15) is 9.59 Å². The molecule has 1 aliphatic heterocycles. The fourth-order valence-electron chi connectivity index (χ4n) is 1.86. The van der Waals surface area contributed by atoms with E-state index in [1.807, 2.05) is 0 Å². The summed E-state index contributed by atoms with van der Waals surface area (Å²) < 4.78 is 0. The van der Waals surface area contributed by atoms with Crippen LogP contribution in [0.15, 0.2) is 30.5 Å². The highest BCUT2D eigenvalue weighted by Gasteiger charge is 2.28. The van der Waals surface area contributed by atoms with Crippen molar-refractivity contribution in [2.24, 2.45) is 0 Å². The first-order valence-corrected chi connectivity index (χ1v) is 5.32. The van der Waals surface area contributed by atoms with Crippen molar-refractivity contribution in [3.05, 3.63) is 36.2 Å². The molecule has 2 heterocycles. The quantitative estimate of drug-likeness (QED) is 0.758. The highest BCUT2D eigenvalue weighted by molar-refractivity contribution is 6.14. The second-order valence-electron chi connectivity index (χ2n) is 3.81. The molecule has 2 N–H and O–H groups in total. The lowest BCUT2D eigenvalue weighted by Crippen LogP contribution is -2.42. The number of benzene rings is 1. The molecule has 0 aliphatic carbocycles. The van der Waals surface area contributed by atoms with Gasteiger partial charge >= 0.3 is 0 Å². The molecule has 0 bridgehead atoms. The Bertz CT molecular complexity index is 608. The Morgan fingerprint density at radius 3 is 2.94 bits per heavy atom. The van der Waals surface area contributed by atoms with Gasteiger partial charge in [0.2, 0.25) is 5.91 Å². The number of carbonyl (C=O) groups excluding carboxylic acids is 2. The molecule has 0 saturated heterocycles. The van der Waals surface area contributed by atoms with E-state index in [1.54, 1.807) is 24.3 Å². The number of amides is 2. The minimum Gasteiger partial charge on any atom is -0.323 e. The van der Waals surface area contributed by atoms with E-state index in [1.165, 1.54) is 11.1 Å². The van der Waals surface area contributed by atoms with E-state index in [4.69, 9.17) is 0 Å². The largest absolute Gasteiger partial charge is 0.323 e. The SMILES string of the molecule is O=C1CN(C(=O)c2cn[nH]n2)c2ccccc2N1. The Morgan fingerprint density at radius 2 is 2.17 bits per heavy atom. The molecule has 0 fully saturated rings. The molecule has 2 aromatic rings. The first-order chi connectivity index (χ1) is 8.75.